The van der Waals surface area contributed by atoms with Crippen molar-refractivity contribution >= 4 is 35.8 Å². The Morgan fingerprint density at radius 3 is 2.46 bits per heavy atom. The summed E-state index contributed by atoms with van der Waals surface area (Å²) in [5.41, 5.74) is 1.14. The average Bonchev–Trinajstić information content (AvgIpc) is 2.53. The first-order valence-electron chi connectivity index (χ1n) is 8.33. The number of nitrogens with one attached hydrogen (secondary N) is 2. The van der Waals surface area contributed by atoms with Gasteiger partial charge in [0, 0.05) is 39.6 Å². The molecule has 0 atom stereocenters. The van der Waals surface area contributed by atoms with Crippen molar-refractivity contribution in [2.45, 2.75) is 33.7 Å². The molecule has 24 heavy (non-hydrogen) atoms. The summed E-state index contributed by atoms with van der Waals surface area (Å²) in [4.78, 5) is 18.4. The predicted octanol–water partition coefficient (Wildman–Crippen LogP) is 2.86. The molecule has 5 nitrogen and oxygen atoms in total. The maximum atomic E-state index is 12.2. The van der Waals surface area contributed by atoms with Crippen LogP contribution in [-0.4, -0.2) is 43.4 Å². The lowest BCUT2D eigenvalue weighted by molar-refractivity contribution is -0.130. The highest BCUT2D eigenvalue weighted by atomic mass is 127. The topological polar surface area (TPSA) is 56.7 Å². The van der Waals surface area contributed by atoms with Crippen LogP contribution in [0, 0.1) is 5.92 Å². The smallest absolute Gasteiger partial charge is 0.224 e. The van der Waals surface area contributed by atoms with Crippen molar-refractivity contribution < 1.29 is 4.79 Å². The highest BCUT2D eigenvalue weighted by molar-refractivity contribution is 14.0. The van der Waals surface area contributed by atoms with Gasteiger partial charge in [-0.05, 0) is 18.4 Å². The molecule has 1 aromatic rings. The molecule has 0 radical (unpaired) electrons. The molecule has 1 aromatic carbocycles. The van der Waals surface area contributed by atoms with E-state index < -0.39 is 0 Å². The minimum atomic E-state index is 0. The van der Waals surface area contributed by atoms with Gasteiger partial charge in [-0.25, -0.2) is 0 Å². The molecule has 0 saturated carbocycles. The molecular weight excluding hydrogens is 415 g/mol. The lowest BCUT2D eigenvalue weighted by Crippen LogP contribution is -2.39. The third kappa shape index (κ3) is 9.75. The molecule has 0 saturated heterocycles. The third-order valence-electron chi connectivity index (χ3n) is 3.28. The summed E-state index contributed by atoms with van der Waals surface area (Å²) in [5.74, 6) is 1.42. The SMILES string of the molecule is CCNC(=NCC(C)C)NCCC(=O)N(C)Cc1ccccc1.I. The number of amides is 1. The number of benzene rings is 1. The van der Waals surface area contributed by atoms with Gasteiger partial charge in [-0.15, -0.1) is 24.0 Å². The number of rotatable bonds is 8. The van der Waals surface area contributed by atoms with Gasteiger partial charge in [-0.1, -0.05) is 44.2 Å². The molecule has 6 heteroatoms. The first-order valence-corrected chi connectivity index (χ1v) is 8.33. The Hall–Kier alpha value is -1.31. The van der Waals surface area contributed by atoms with E-state index in [2.05, 4.69) is 29.5 Å². The molecule has 0 aliphatic heterocycles. The van der Waals surface area contributed by atoms with Gasteiger partial charge in [0.15, 0.2) is 5.96 Å². The Balaban J connectivity index is 0.00000529. The normalized spacial score (nSPS) is 11.0. The maximum Gasteiger partial charge on any atom is 0.224 e. The monoisotopic (exact) mass is 446 g/mol. The van der Waals surface area contributed by atoms with Gasteiger partial charge < -0.3 is 15.5 Å². The van der Waals surface area contributed by atoms with Crippen molar-refractivity contribution in [3.05, 3.63) is 35.9 Å². The van der Waals surface area contributed by atoms with Gasteiger partial charge >= 0.3 is 0 Å². The standard InChI is InChI=1S/C18H30N4O.HI/c1-5-19-18(21-13-15(2)3)20-12-11-17(23)22(4)14-16-9-7-6-8-10-16;/h6-10,15H,5,11-14H2,1-4H3,(H2,19,20,21);1H. The number of guanidine groups is 1. The van der Waals surface area contributed by atoms with Crippen LogP contribution in [0.2, 0.25) is 0 Å². The van der Waals surface area contributed by atoms with E-state index in [-0.39, 0.29) is 29.9 Å². The number of aliphatic imine (C=N–C) groups is 1. The molecule has 136 valence electrons. The van der Waals surface area contributed by atoms with E-state index >= 15 is 0 Å². The molecule has 0 fully saturated rings. The fourth-order valence-electron chi connectivity index (χ4n) is 2.04. The lowest BCUT2D eigenvalue weighted by Gasteiger charge is -2.18. The van der Waals surface area contributed by atoms with Crippen LogP contribution < -0.4 is 10.6 Å². The summed E-state index contributed by atoms with van der Waals surface area (Å²) in [6, 6.07) is 10.0. The fraction of sp³-hybridized carbons (Fsp3) is 0.556. The largest absolute Gasteiger partial charge is 0.357 e. The second-order valence-electron chi connectivity index (χ2n) is 6.03. The second-order valence-corrected chi connectivity index (χ2v) is 6.03. The molecule has 0 unspecified atom stereocenters. The molecule has 1 amide bonds. The van der Waals surface area contributed by atoms with Crippen LogP contribution >= 0.6 is 24.0 Å². The zero-order valence-electron chi connectivity index (χ0n) is 15.2. The lowest BCUT2D eigenvalue weighted by atomic mass is 10.2. The summed E-state index contributed by atoms with van der Waals surface area (Å²) in [7, 11) is 1.84. The van der Waals surface area contributed by atoms with Crippen LogP contribution in [-0.2, 0) is 11.3 Å². The molecule has 0 spiro atoms. The molecule has 0 heterocycles. The van der Waals surface area contributed by atoms with Crippen molar-refractivity contribution in [2.75, 3.05) is 26.7 Å². The fourth-order valence-corrected chi connectivity index (χ4v) is 2.04. The maximum absolute atomic E-state index is 12.2. The number of nitrogens with zero attached hydrogens (tertiary/aromatic N) is 2. The molecular formula is C18H31IN4O. The Morgan fingerprint density at radius 1 is 1.21 bits per heavy atom. The second kappa shape index (κ2) is 13.0. The number of carbonyl (C=O) groups excluding carboxylic acids is 1. The summed E-state index contributed by atoms with van der Waals surface area (Å²) >= 11 is 0. The average molecular weight is 446 g/mol. The molecule has 1 rings (SSSR count). The van der Waals surface area contributed by atoms with E-state index in [1.165, 1.54) is 0 Å². The van der Waals surface area contributed by atoms with Crippen LogP contribution in [0.5, 0.6) is 0 Å². The van der Waals surface area contributed by atoms with Crippen LogP contribution in [0.25, 0.3) is 0 Å². The first kappa shape index (κ1) is 22.7. The molecule has 0 aromatic heterocycles. The van der Waals surface area contributed by atoms with Crippen molar-refractivity contribution in [3.63, 3.8) is 0 Å². The number of hydrogen-bond acceptors (Lipinski definition) is 2. The Bertz CT molecular complexity index is 491. The summed E-state index contributed by atoms with van der Waals surface area (Å²) < 4.78 is 0. The van der Waals surface area contributed by atoms with E-state index in [9.17, 15) is 4.79 Å². The van der Waals surface area contributed by atoms with Crippen LogP contribution in [0.4, 0.5) is 0 Å². The van der Waals surface area contributed by atoms with Crippen molar-refractivity contribution in [1.29, 1.82) is 0 Å². The van der Waals surface area contributed by atoms with Gasteiger partial charge in [0.05, 0.1) is 0 Å². The highest BCUT2D eigenvalue weighted by Gasteiger charge is 2.09. The van der Waals surface area contributed by atoms with Crippen molar-refractivity contribution in [3.8, 4) is 0 Å². The number of hydrogen-bond donors (Lipinski definition) is 2. The van der Waals surface area contributed by atoms with E-state index in [4.69, 9.17) is 0 Å². The first-order chi connectivity index (χ1) is 11.0. The minimum absolute atomic E-state index is 0. The van der Waals surface area contributed by atoms with Gasteiger partial charge in [-0.3, -0.25) is 9.79 Å². The van der Waals surface area contributed by atoms with Crippen molar-refractivity contribution in [2.24, 2.45) is 10.9 Å². The quantitative estimate of drug-likeness (QED) is 0.367. The third-order valence-corrected chi connectivity index (χ3v) is 3.28. The molecule has 0 bridgehead atoms. The van der Waals surface area contributed by atoms with Crippen LogP contribution in [0.1, 0.15) is 32.8 Å². The summed E-state index contributed by atoms with van der Waals surface area (Å²) in [5, 5.41) is 6.41. The van der Waals surface area contributed by atoms with E-state index in [1.54, 1.807) is 4.90 Å². The van der Waals surface area contributed by atoms with Gasteiger partial charge in [0.25, 0.3) is 0 Å². The highest BCUT2D eigenvalue weighted by Crippen LogP contribution is 2.03. The zero-order chi connectivity index (χ0) is 17.1. The molecule has 0 aliphatic carbocycles. The van der Waals surface area contributed by atoms with Gasteiger partial charge in [0.1, 0.15) is 0 Å². The summed E-state index contributed by atoms with van der Waals surface area (Å²) in [6.45, 7) is 9.11. The van der Waals surface area contributed by atoms with Crippen LogP contribution in [0.3, 0.4) is 0 Å². The minimum Gasteiger partial charge on any atom is -0.357 e. The summed E-state index contributed by atoms with van der Waals surface area (Å²) in [6.07, 6.45) is 0.454. The Morgan fingerprint density at radius 2 is 1.88 bits per heavy atom. The van der Waals surface area contributed by atoms with Crippen molar-refractivity contribution in [1.82, 2.24) is 15.5 Å². The number of carbonyl (C=O) groups is 1. The van der Waals surface area contributed by atoms with E-state index in [1.807, 2.05) is 44.3 Å². The van der Waals surface area contributed by atoms with Crippen LogP contribution in [0.15, 0.2) is 35.3 Å². The zero-order valence-corrected chi connectivity index (χ0v) is 17.5. The van der Waals surface area contributed by atoms with Gasteiger partial charge in [-0.2, -0.15) is 0 Å². The Labute approximate surface area is 163 Å². The Kier molecular flexibility index (Phi) is 12.3. The molecule has 2 N–H and O–H groups in total. The van der Waals surface area contributed by atoms with E-state index in [0.29, 0.717) is 25.4 Å². The van der Waals surface area contributed by atoms with E-state index in [0.717, 1.165) is 24.6 Å². The molecule has 0 aliphatic rings. The van der Waals surface area contributed by atoms with Gasteiger partial charge in [0.2, 0.25) is 5.91 Å². The number of halogens is 1. The predicted molar refractivity (Wildman–Crippen MR) is 112 cm³/mol.